The van der Waals surface area contributed by atoms with Crippen LogP contribution in [0, 0.1) is 11.6 Å². The largest absolute Gasteiger partial charge is 0.478 e. The Morgan fingerprint density at radius 3 is 2.21 bits per heavy atom. The summed E-state index contributed by atoms with van der Waals surface area (Å²) in [6.45, 7) is 6.16. The lowest BCUT2D eigenvalue weighted by atomic mass is 10.1. The Hall–Kier alpha value is -3.00. The molecule has 0 unspecified atom stereocenters. The van der Waals surface area contributed by atoms with Crippen LogP contribution in [-0.4, -0.2) is 54.6 Å². The molecule has 148 valence electrons. The van der Waals surface area contributed by atoms with Gasteiger partial charge >= 0.3 is 5.97 Å². The SMILES string of the molecule is CCN1CCN(c2ccc(C(=O)Nc3ccc(C(=O)O)cc3F)cc2F)CC1. The fourth-order valence-electron chi connectivity index (χ4n) is 3.15. The number of hydrogen-bond acceptors (Lipinski definition) is 4. The van der Waals surface area contributed by atoms with Gasteiger partial charge in [-0.25, -0.2) is 13.6 Å². The van der Waals surface area contributed by atoms with Crippen LogP contribution < -0.4 is 10.2 Å². The summed E-state index contributed by atoms with van der Waals surface area (Å²) >= 11 is 0. The number of carbonyl (C=O) groups is 2. The van der Waals surface area contributed by atoms with E-state index in [4.69, 9.17) is 5.11 Å². The molecule has 8 heteroatoms. The van der Waals surface area contributed by atoms with Crippen molar-refractivity contribution in [1.82, 2.24) is 4.90 Å². The average molecular weight is 389 g/mol. The number of hydrogen-bond donors (Lipinski definition) is 2. The van der Waals surface area contributed by atoms with Crippen molar-refractivity contribution in [2.75, 3.05) is 42.9 Å². The molecule has 3 rings (SSSR count). The van der Waals surface area contributed by atoms with Gasteiger partial charge in [0.25, 0.3) is 5.91 Å². The molecule has 0 bridgehead atoms. The van der Waals surface area contributed by atoms with Crippen molar-refractivity contribution in [2.24, 2.45) is 0 Å². The molecule has 1 heterocycles. The lowest BCUT2D eigenvalue weighted by Gasteiger charge is -2.35. The highest BCUT2D eigenvalue weighted by molar-refractivity contribution is 6.04. The van der Waals surface area contributed by atoms with Crippen LogP contribution in [0.25, 0.3) is 0 Å². The highest BCUT2D eigenvalue weighted by Gasteiger charge is 2.20. The zero-order chi connectivity index (χ0) is 20.3. The van der Waals surface area contributed by atoms with Gasteiger partial charge in [0.2, 0.25) is 0 Å². The molecular formula is C20H21F2N3O3. The van der Waals surface area contributed by atoms with E-state index in [2.05, 4.69) is 17.1 Å². The van der Waals surface area contributed by atoms with Crippen molar-refractivity contribution in [3.05, 3.63) is 59.2 Å². The minimum absolute atomic E-state index is 0.0511. The lowest BCUT2D eigenvalue weighted by molar-refractivity contribution is 0.0696. The van der Waals surface area contributed by atoms with E-state index in [1.165, 1.54) is 12.1 Å². The third-order valence-corrected chi connectivity index (χ3v) is 4.83. The fraction of sp³-hybridized carbons (Fsp3) is 0.300. The van der Waals surface area contributed by atoms with Crippen LogP contribution in [0.5, 0.6) is 0 Å². The minimum atomic E-state index is -1.27. The van der Waals surface area contributed by atoms with Gasteiger partial charge in [-0.05, 0) is 42.9 Å². The number of carbonyl (C=O) groups excluding carboxylic acids is 1. The molecule has 1 aliphatic rings. The molecule has 0 aromatic heterocycles. The Morgan fingerprint density at radius 1 is 1.00 bits per heavy atom. The first kappa shape index (κ1) is 19.8. The van der Waals surface area contributed by atoms with Crippen molar-refractivity contribution in [2.45, 2.75) is 6.92 Å². The number of halogens is 2. The molecule has 28 heavy (non-hydrogen) atoms. The van der Waals surface area contributed by atoms with Crippen LogP contribution in [-0.2, 0) is 0 Å². The van der Waals surface area contributed by atoms with E-state index in [1.807, 2.05) is 4.90 Å². The van der Waals surface area contributed by atoms with E-state index < -0.39 is 23.5 Å². The normalized spacial score (nSPS) is 14.8. The number of nitrogens with one attached hydrogen (secondary N) is 1. The van der Waals surface area contributed by atoms with Crippen LogP contribution in [0.2, 0.25) is 0 Å². The summed E-state index contributed by atoms with van der Waals surface area (Å²) in [5, 5.41) is 11.2. The van der Waals surface area contributed by atoms with Crippen molar-refractivity contribution >= 4 is 23.3 Å². The number of aromatic carboxylic acids is 1. The van der Waals surface area contributed by atoms with Crippen molar-refractivity contribution in [3.8, 4) is 0 Å². The Kier molecular flexibility index (Phi) is 5.89. The molecule has 1 fully saturated rings. The van der Waals surface area contributed by atoms with Crippen LogP contribution in [0.15, 0.2) is 36.4 Å². The van der Waals surface area contributed by atoms with Gasteiger partial charge in [0.1, 0.15) is 11.6 Å². The third kappa shape index (κ3) is 4.28. The Morgan fingerprint density at radius 2 is 1.64 bits per heavy atom. The van der Waals surface area contributed by atoms with Crippen LogP contribution >= 0.6 is 0 Å². The summed E-state index contributed by atoms with van der Waals surface area (Å²) < 4.78 is 28.5. The topological polar surface area (TPSA) is 72.9 Å². The van der Waals surface area contributed by atoms with Crippen molar-refractivity contribution < 1.29 is 23.5 Å². The molecule has 1 saturated heterocycles. The maximum atomic E-state index is 14.6. The van der Waals surface area contributed by atoms with Gasteiger partial charge in [-0.1, -0.05) is 6.92 Å². The Balaban J connectivity index is 1.71. The number of nitrogens with zero attached hydrogens (tertiary/aromatic N) is 2. The summed E-state index contributed by atoms with van der Waals surface area (Å²) in [6, 6.07) is 7.33. The second-order valence-electron chi connectivity index (χ2n) is 6.54. The number of benzene rings is 2. The second kappa shape index (κ2) is 8.35. The van der Waals surface area contributed by atoms with Crippen molar-refractivity contribution in [1.29, 1.82) is 0 Å². The molecule has 0 atom stereocenters. The van der Waals surface area contributed by atoms with Gasteiger partial charge < -0.3 is 20.2 Å². The predicted octanol–water partition coefficient (Wildman–Crippen LogP) is 3.06. The van der Waals surface area contributed by atoms with E-state index in [0.717, 1.165) is 37.8 Å². The quantitative estimate of drug-likeness (QED) is 0.822. The van der Waals surface area contributed by atoms with Gasteiger partial charge in [-0.2, -0.15) is 0 Å². The van der Waals surface area contributed by atoms with E-state index in [9.17, 15) is 18.4 Å². The molecule has 0 spiro atoms. The smallest absolute Gasteiger partial charge is 0.335 e. The fourth-order valence-corrected chi connectivity index (χ4v) is 3.15. The highest BCUT2D eigenvalue weighted by Crippen LogP contribution is 2.23. The number of carboxylic acid groups (broad SMARTS) is 1. The van der Waals surface area contributed by atoms with Crippen molar-refractivity contribution in [3.63, 3.8) is 0 Å². The number of likely N-dealkylation sites (N-methyl/N-ethyl adjacent to an activating group) is 1. The van der Waals surface area contributed by atoms with Gasteiger partial charge in [-0.3, -0.25) is 4.79 Å². The number of amides is 1. The van der Waals surface area contributed by atoms with Crippen LogP contribution in [0.1, 0.15) is 27.6 Å². The van der Waals surface area contributed by atoms with Gasteiger partial charge in [0.15, 0.2) is 0 Å². The molecule has 0 saturated carbocycles. The van der Waals surface area contributed by atoms with Crippen LogP contribution in [0.4, 0.5) is 20.2 Å². The number of rotatable bonds is 5. The zero-order valence-corrected chi connectivity index (χ0v) is 15.4. The molecule has 6 nitrogen and oxygen atoms in total. The first-order chi connectivity index (χ1) is 13.4. The first-order valence-electron chi connectivity index (χ1n) is 9.00. The summed E-state index contributed by atoms with van der Waals surface area (Å²) in [5.41, 5.74) is 0.0867. The second-order valence-corrected chi connectivity index (χ2v) is 6.54. The van der Waals surface area contributed by atoms with E-state index >= 15 is 0 Å². The zero-order valence-electron chi connectivity index (χ0n) is 15.4. The summed E-state index contributed by atoms with van der Waals surface area (Å²) in [5.74, 6) is -3.34. The van der Waals surface area contributed by atoms with E-state index in [0.29, 0.717) is 18.8 Å². The van der Waals surface area contributed by atoms with E-state index in [-0.39, 0.29) is 16.8 Å². The lowest BCUT2D eigenvalue weighted by Crippen LogP contribution is -2.46. The molecule has 2 aromatic carbocycles. The number of carboxylic acids is 1. The van der Waals surface area contributed by atoms with Crippen LogP contribution in [0.3, 0.4) is 0 Å². The standard InChI is InChI=1S/C20H21F2N3O3/c1-2-24-7-9-25(10-8-24)18-6-4-13(11-16(18)22)19(26)23-17-5-3-14(20(27)28)12-15(17)21/h3-6,11-12H,2,7-10H2,1H3,(H,23,26)(H,27,28). The number of anilines is 2. The molecule has 2 aromatic rings. The predicted molar refractivity (Wildman–Crippen MR) is 102 cm³/mol. The third-order valence-electron chi connectivity index (χ3n) is 4.83. The molecule has 0 radical (unpaired) electrons. The minimum Gasteiger partial charge on any atom is -0.478 e. The van der Waals surface area contributed by atoms with Gasteiger partial charge in [-0.15, -0.1) is 0 Å². The summed E-state index contributed by atoms with van der Waals surface area (Å²) in [4.78, 5) is 27.4. The number of piperazine rings is 1. The van der Waals surface area contributed by atoms with Gasteiger partial charge in [0.05, 0.1) is 16.9 Å². The Labute approximate surface area is 161 Å². The summed E-state index contributed by atoms with van der Waals surface area (Å²) in [7, 11) is 0. The molecule has 1 amide bonds. The van der Waals surface area contributed by atoms with E-state index in [1.54, 1.807) is 6.07 Å². The average Bonchev–Trinajstić information content (AvgIpc) is 2.69. The molecule has 2 N–H and O–H groups in total. The summed E-state index contributed by atoms with van der Waals surface area (Å²) in [6.07, 6.45) is 0. The Bertz CT molecular complexity index is 896. The maximum absolute atomic E-state index is 14.6. The maximum Gasteiger partial charge on any atom is 0.335 e. The highest BCUT2D eigenvalue weighted by atomic mass is 19.1. The first-order valence-corrected chi connectivity index (χ1v) is 9.00. The molecule has 1 aliphatic heterocycles. The van der Waals surface area contributed by atoms with Gasteiger partial charge in [0, 0.05) is 31.7 Å². The molecular weight excluding hydrogens is 368 g/mol. The molecule has 0 aliphatic carbocycles. The monoisotopic (exact) mass is 389 g/mol.